The molecule has 0 radical (unpaired) electrons. The Morgan fingerprint density at radius 1 is 0.930 bits per heavy atom. The van der Waals surface area contributed by atoms with E-state index >= 15 is 0 Å². The smallest absolute Gasteiger partial charge is 0.333 e. The van der Waals surface area contributed by atoms with Crippen molar-refractivity contribution in [2.24, 2.45) is 28.6 Å². The quantitative estimate of drug-likeness (QED) is 0.133. The molecule has 244 valence electrons. The minimum Gasteiger partial charge on any atom is -0.463 e. The van der Waals surface area contributed by atoms with E-state index < -0.39 is 17.4 Å². The highest BCUT2D eigenvalue weighted by Crippen LogP contribution is 2.72. The van der Waals surface area contributed by atoms with Crippen LogP contribution >= 0.6 is 0 Å². The molecule has 4 saturated carbocycles. The highest BCUT2D eigenvalue weighted by Gasteiger charge is 2.69. The largest absolute Gasteiger partial charge is 0.463 e. The molecule has 1 spiro atoms. The number of unbranched alkanes of at least 4 members (excludes halogenated alkanes) is 12. The highest BCUT2D eigenvalue weighted by molar-refractivity contribution is 5.86. The molecule has 4 aliphatic carbocycles. The second-order valence-electron chi connectivity index (χ2n) is 15.4. The van der Waals surface area contributed by atoms with Crippen molar-refractivity contribution < 1.29 is 28.9 Å². The van der Waals surface area contributed by atoms with Crippen molar-refractivity contribution in [1.29, 1.82) is 0 Å². The topological polar surface area (TPSA) is 82.1 Å². The summed E-state index contributed by atoms with van der Waals surface area (Å²) in [5.74, 6) is -0.763. The Balaban J connectivity index is 1.04. The lowest BCUT2D eigenvalue weighted by Crippen LogP contribution is -2.56. The summed E-state index contributed by atoms with van der Waals surface area (Å²) < 4.78 is 17.7. The minimum atomic E-state index is -1.39. The molecule has 0 aromatic carbocycles. The standard InChI is InChI=1S/C37H60O6/c1-4-5-6-7-8-9-10-11-12-13-14-15-16-17-32(38)42-27-36(41-3)26-35-21-20-29-30-24-33(39)43-37(30,40)23-22-34(29,2)31(35)19-18-28(36)25-35/h24,28-29,31,40H,4-23,25-27H2,1-3H3/t28-,29-,31+,34-,35+,36+,37-/m1/s1. The van der Waals surface area contributed by atoms with Gasteiger partial charge in [-0.1, -0.05) is 90.9 Å². The minimum absolute atomic E-state index is 0.0318. The third kappa shape index (κ3) is 6.76. The van der Waals surface area contributed by atoms with Crippen molar-refractivity contribution in [2.75, 3.05) is 13.7 Å². The molecule has 7 atom stereocenters. The van der Waals surface area contributed by atoms with Crippen LogP contribution in [0.3, 0.4) is 0 Å². The first-order valence-electron chi connectivity index (χ1n) is 18.1. The van der Waals surface area contributed by atoms with Crippen molar-refractivity contribution in [2.45, 2.75) is 166 Å². The molecule has 5 rings (SSSR count). The number of esters is 2. The number of aliphatic hydroxyl groups is 1. The summed E-state index contributed by atoms with van der Waals surface area (Å²) in [4.78, 5) is 24.9. The van der Waals surface area contributed by atoms with Crippen LogP contribution in [0.4, 0.5) is 0 Å². The maximum absolute atomic E-state index is 12.8. The van der Waals surface area contributed by atoms with Gasteiger partial charge in [0.25, 0.3) is 0 Å². The Kier molecular flexibility index (Phi) is 10.7. The zero-order valence-corrected chi connectivity index (χ0v) is 27.6. The first-order valence-corrected chi connectivity index (χ1v) is 18.1. The van der Waals surface area contributed by atoms with E-state index in [9.17, 15) is 14.7 Å². The molecule has 0 aromatic rings. The second-order valence-corrected chi connectivity index (χ2v) is 15.4. The van der Waals surface area contributed by atoms with Gasteiger partial charge in [-0.05, 0) is 80.0 Å². The van der Waals surface area contributed by atoms with Gasteiger partial charge in [0, 0.05) is 31.6 Å². The second kappa shape index (κ2) is 13.9. The number of ether oxygens (including phenoxy) is 3. The van der Waals surface area contributed by atoms with Crippen LogP contribution in [0.2, 0.25) is 0 Å². The van der Waals surface area contributed by atoms with Crippen LogP contribution in [0.5, 0.6) is 0 Å². The maximum Gasteiger partial charge on any atom is 0.333 e. The zero-order chi connectivity index (χ0) is 30.6. The van der Waals surface area contributed by atoms with Gasteiger partial charge in [-0.25, -0.2) is 4.79 Å². The zero-order valence-electron chi connectivity index (χ0n) is 27.6. The van der Waals surface area contributed by atoms with Crippen molar-refractivity contribution in [3.05, 3.63) is 11.6 Å². The normalized spacial score (nSPS) is 37.7. The van der Waals surface area contributed by atoms with Gasteiger partial charge in [-0.2, -0.15) is 0 Å². The van der Waals surface area contributed by atoms with Crippen LogP contribution in [0, 0.1) is 28.6 Å². The Morgan fingerprint density at radius 3 is 2.23 bits per heavy atom. The van der Waals surface area contributed by atoms with E-state index in [0.717, 1.165) is 63.4 Å². The van der Waals surface area contributed by atoms with E-state index in [1.807, 2.05) is 7.11 Å². The summed E-state index contributed by atoms with van der Waals surface area (Å²) in [7, 11) is 1.81. The van der Waals surface area contributed by atoms with Crippen molar-refractivity contribution in [3.63, 3.8) is 0 Å². The number of carbonyl (C=O) groups excluding carboxylic acids is 2. The number of fused-ring (bicyclic) bond motifs is 5. The molecule has 6 heteroatoms. The van der Waals surface area contributed by atoms with Crippen molar-refractivity contribution >= 4 is 11.9 Å². The molecule has 0 aromatic heterocycles. The fourth-order valence-corrected chi connectivity index (χ4v) is 10.6. The lowest BCUT2D eigenvalue weighted by atomic mass is 9.44. The van der Waals surface area contributed by atoms with Crippen LogP contribution in [0.15, 0.2) is 11.6 Å². The maximum atomic E-state index is 12.8. The van der Waals surface area contributed by atoms with Crippen molar-refractivity contribution in [3.8, 4) is 0 Å². The lowest BCUT2D eigenvalue weighted by Gasteiger charge is -2.61. The molecule has 6 nitrogen and oxygen atoms in total. The molecule has 4 fully saturated rings. The van der Waals surface area contributed by atoms with Crippen LogP contribution in [0.1, 0.15) is 155 Å². The van der Waals surface area contributed by atoms with Crippen LogP contribution in [-0.4, -0.2) is 42.1 Å². The molecule has 43 heavy (non-hydrogen) atoms. The van der Waals surface area contributed by atoms with Crippen LogP contribution in [-0.2, 0) is 23.8 Å². The Labute approximate surface area is 261 Å². The summed E-state index contributed by atoms with van der Waals surface area (Å²) in [5.41, 5.74) is 0.626. The van der Waals surface area contributed by atoms with E-state index in [-0.39, 0.29) is 22.7 Å². The SMILES string of the molecule is CCCCCCCCCCCCCCCC(=O)OC[C@@]1(OC)C[C@@]23CC[C@@H]4C5=CC(=O)O[C@]5(O)CC[C@@]4(C)[C@@H]2CC[C@@H]1C3. The molecular formula is C37H60O6. The summed E-state index contributed by atoms with van der Waals surface area (Å²) in [6, 6.07) is 0. The summed E-state index contributed by atoms with van der Waals surface area (Å²) >= 11 is 0. The number of hydrogen-bond donors (Lipinski definition) is 1. The first-order chi connectivity index (χ1) is 20.7. The fourth-order valence-electron chi connectivity index (χ4n) is 10.6. The summed E-state index contributed by atoms with van der Waals surface area (Å²) in [6.07, 6.45) is 26.6. The predicted octanol–water partition coefficient (Wildman–Crippen LogP) is 8.58. The highest BCUT2D eigenvalue weighted by atomic mass is 16.7. The van der Waals surface area contributed by atoms with Crippen LogP contribution < -0.4 is 0 Å². The molecule has 0 amide bonds. The number of methoxy groups -OCH3 is 1. The van der Waals surface area contributed by atoms with E-state index in [4.69, 9.17) is 14.2 Å². The molecule has 1 N–H and O–H groups in total. The van der Waals surface area contributed by atoms with Gasteiger partial charge >= 0.3 is 11.9 Å². The summed E-state index contributed by atoms with van der Waals surface area (Å²) in [6.45, 7) is 5.04. The average molecular weight is 601 g/mol. The molecule has 1 heterocycles. The number of hydrogen-bond acceptors (Lipinski definition) is 6. The summed E-state index contributed by atoms with van der Waals surface area (Å²) in [5, 5.41) is 11.1. The molecule has 5 aliphatic rings. The van der Waals surface area contributed by atoms with E-state index in [0.29, 0.717) is 31.3 Å². The van der Waals surface area contributed by atoms with Gasteiger partial charge in [-0.15, -0.1) is 0 Å². The first kappa shape index (κ1) is 33.0. The fraction of sp³-hybridized carbons (Fsp3) is 0.892. The third-order valence-electron chi connectivity index (χ3n) is 12.9. The van der Waals surface area contributed by atoms with Crippen LogP contribution in [0.25, 0.3) is 0 Å². The van der Waals surface area contributed by atoms with Crippen molar-refractivity contribution in [1.82, 2.24) is 0 Å². The van der Waals surface area contributed by atoms with Gasteiger partial charge in [0.15, 0.2) is 0 Å². The van der Waals surface area contributed by atoms with Gasteiger partial charge < -0.3 is 19.3 Å². The molecule has 0 unspecified atom stereocenters. The lowest BCUT2D eigenvalue weighted by molar-refractivity contribution is -0.208. The Hall–Kier alpha value is -1.40. The average Bonchev–Trinajstić information content (AvgIpc) is 3.42. The van der Waals surface area contributed by atoms with Gasteiger partial charge in [-0.3, -0.25) is 4.79 Å². The van der Waals surface area contributed by atoms with Gasteiger partial charge in [0.2, 0.25) is 5.79 Å². The Morgan fingerprint density at radius 2 is 1.58 bits per heavy atom. The van der Waals surface area contributed by atoms with E-state index in [1.54, 1.807) is 6.08 Å². The molecule has 1 aliphatic heterocycles. The third-order valence-corrected chi connectivity index (χ3v) is 12.9. The molecule has 2 bridgehead atoms. The molecular weight excluding hydrogens is 540 g/mol. The number of rotatable bonds is 17. The molecule has 0 saturated heterocycles. The van der Waals surface area contributed by atoms with Gasteiger partial charge in [0.1, 0.15) is 12.2 Å². The van der Waals surface area contributed by atoms with E-state index in [2.05, 4.69) is 13.8 Å². The van der Waals surface area contributed by atoms with E-state index in [1.165, 1.54) is 70.6 Å². The Bertz CT molecular complexity index is 1010. The number of carbonyl (C=O) groups is 2. The predicted molar refractivity (Wildman–Crippen MR) is 168 cm³/mol. The van der Waals surface area contributed by atoms with Gasteiger partial charge in [0.05, 0.1) is 0 Å². The monoisotopic (exact) mass is 600 g/mol.